The van der Waals surface area contributed by atoms with E-state index in [1.54, 1.807) is 47.4 Å². The number of anilines is 2. The molecule has 0 saturated carbocycles. The Morgan fingerprint density at radius 2 is 1.86 bits per heavy atom. The Bertz CT molecular complexity index is 1410. The number of nitrogens with one attached hydrogen (secondary N) is 1. The Morgan fingerprint density at radius 3 is 2.62 bits per heavy atom. The molecule has 1 fully saturated rings. The minimum Gasteiger partial charge on any atom is -0.490 e. The summed E-state index contributed by atoms with van der Waals surface area (Å²) in [7, 11) is 0. The van der Waals surface area contributed by atoms with E-state index in [0.717, 1.165) is 22.4 Å². The third kappa shape index (κ3) is 6.33. The summed E-state index contributed by atoms with van der Waals surface area (Å²) in [5.74, 6) is 0.394. The predicted octanol–water partition coefficient (Wildman–Crippen LogP) is 6.78. The lowest BCUT2D eigenvalue weighted by molar-refractivity contribution is -0.118. The number of hydrogen-bond donors (Lipinski definition) is 1. The van der Waals surface area contributed by atoms with Gasteiger partial charge in [-0.25, -0.2) is 0 Å². The number of benzene rings is 3. The van der Waals surface area contributed by atoms with Crippen LogP contribution in [0.15, 0.2) is 65.6 Å². The molecule has 0 bridgehead atoms. The largest absolute Gasteiger partial charge is 0.490 e. The van der Waals surface area contributed by atoms with Crippen molar-refractivity contribution in [3.8, 4) is 11.5 Å². The fraction of sp³-hybridized carbons (Fsp3) is 0.179. The minimum atomic E-state index is -0.322. The molecule has 190 valence electrons. The highest BCUT2D eigenvalue weighted by atomic mass is 35.5. The first-order valence-corrected chi connectivity index (χ1v) is 13.2. The van der Waals surface area contributed by atoms with Crippen LogP contribution in [-0.4, -0.2) is 29.3 Å². The van der Waals surface area contributed by atoms with Crippen molar-refractivity contribution >= 4 is 69.2 Å². The number of nitrogens with zero attached hydrogens (tertiary/aromatic N) is 1. The predicted molar refractivity (Wildman–Crippen MR) is 155 cm³/mol. The highest BCUT2D eigenvalue weighted by molar-refractivity contribution is 8.27. The molecule has 0 aromatic heterocycles. The zero-order valence-electron chi connectivity index (χ0n) is 20.5. The van der Waals surface area contributed by atoms with E-state index in [2.05, 4.69) is 5.32 Å². The Hall–Kier alpha value is -3.33. The zero-order chi connectivity index (χ0) is 26.5. The van der Waals surface area contributed by atoms with Gasteiger partial charge in [-0.05, 0) is 79.9 Å². The summed E-state index contributed by atoms with van der Waals surface area (Å²) in [5.41, 5.74) is 3.95. The van der Waals surface area contributed by atoms with Gasteiger partial charge in [-0.3, -0.25) is 14.5 Å². The lowest BCUT2D eigenvalue weighted by atomic mass is 10.1. The summed E-state index contributed by atoms with van der Waals surface area (Å²) >= 11 is 12.9. The number of rotatable bonds is 8. The van der Waals surface area contributed by atoms with Crippen molar-refractivity contribution in [1.82, 2.24) is 0 Å². The normalized spacial score (nSPS) is 14.3. The standard InChI is InChI=1S/C28H25ClN2O4S2/c1-4-34-24-14-19(15-25-27(33)31(28(36)37-25)20-8-5-7-17(2)13-20)11-12-23(24)35-16-26(32)30-22-10-6-9-21(29)18(22)3/h5-15H,4,16H2,1-3H3,(H,30,32)/b25-15-. The van der Waals surface area contributed by atoms with Gasteiger partial charge in [0.25, 0.3) is 11.8 Å². The molecule has 1 heterocycles. The Labute approximate surface area is 230 Å². The van der Waals surface area contributed by atoms with Gasteiger partial charge in [-0.2, -0.15) is 0 Å². The van der Waals surface area contributed by atoms with Crippen molar-refractivity contribution in [3.05, 3.63) is 87.3 Å². The molecule has 37 heavy (non-hydrogen) atoms. The van der Waals surface area contributed by atoms with Crippen LogP contribution in [0.25, 0.3) is 6.08 Å². The second-order valence-electron chi connectivity index (χ2n) is 8.24. The molecule has 6 nitrogen and oxygen atoms in total. The number of amides is 2. The van der Waals surface area contributed by atoms with Gasteiger partial charge in [0, 0.05) is 10.7 Å². The summed E-state index contributed by atoms with van der Waals surface area (Å²) < 4.78 is 12.0. The smallest absolute Gasteiger partial charge is 0.270 e. The number of thioether (sulfide) groups is 1. The molecule has 4 rings (SSSR count). The third-order valence-corrected chi connectivity index (χ3v) is 7.23. The van der Waals surface area contributed by atoms with Crippen LogP contribution in [-0.2, 0) is 9.59 Å². The maximum absolute atomic E-state index is 13.1. The Balaban J connectivity index is 1.48. The van der Waals surface area contributed by atoms with Gasteiger partial charge in [0.2, 0.25) is 0 Å². The summed E-state index contributed by atoms with van der Waals surface area (Å²) in [6, 6.07) is 18.3. The fourth-order valence-corrected chi connectivity index (χ4v) is 5.16. The molecule has 3 aromatic carbocycles. The Morgan fingerprint density at radius 1 is 1.08 bits per heavy atom. The first kappa shape index (κ1) is 26.7. The molecule has 0 radical (unpaired) electrons. The van der Waals surface area contributed by atoms with E-state index in [1.165, 1.54) is 11.8 Å². The lowest BCUT2D eigenvalue weighted by Gasteiger charge is -2.15. The van der Waals surface area contributed by atoms with E-state index < -0.39 is 0 Å². The number of hydrogen-bond acceptors (Lipinski definition) is 6. The topological polar surface area (TPSA) is 67.9 Å². The summed E-state index contributed by atoms with van der Waals surface area (Å²) in [6.45, 7) is 5.86. The van der Waals surface area contributed by atoms with Crippen LogP contribution in [0, 0.1) is 13.8 Å². The van der Waals surface area contributed by atoms with Gasteiger partial charge in [-0.15, -0.1) is 0 Å². The van der Waals surface area contributed by atoms with E-state index >= 15 is 0 Å². The van der Waals surface area contributed by atoms with Crippen molar-refractivity contribution in [1.29, 1.82) is 0 Å². The molecule has 1 aliphatic rings. The van der Waals surface area contributed by atoms with Crippen LogP contribution < -0.4 is 19.7 Å². The Kier molecular flexibility index (Phi) is 8.53. The van der Waals surface area contributed by atoms with Crippen molar-refractivity contribution in [2.45, 2.75) is 20.8 Å². The highest BCUT2D eigenvalue weighted by Gasteiger charge is 2.33. The quantitative estimate of drug-likeness (QED) is 0.245. The molecule has 0 aliphatic carbocycles. The number of halogens is 1. The zero-order valence-corrected chi connectivity index (χ0v) is 22.9. The average molecular weight is 553 g/mol. The van der Waals surface area contributed by atoms with Crippen LogP contribution in [0.3, 0.4) is 0 Å². The van der Waals surface area contributed by atoms with Crippen molar-refractivity contribution in [2.75, 3.05) is 23.4 Å². The molecule has 1 aliphatic heterocycles. The fourth-order valence-electron chi connectivity index (χ4n) is 3.68. The van der Waals surface area contributed by atoms with Gasteiger partial charge in [0.1, 0.15) is 0 Å². The number of carbonyl (C=O) groups excluding carboxylic acids is 2. The molecule has 3 aromatic rings. The number of thiocarbonyl (C=S) groups is 1. The van der Waals surface area contributed by atoms with Gasteiger partial charge >= 0.3 is 0 Å². The van der Waals surface area contributed by atoms with Gasteiger partial charge < -0.3 is 14.8 Å². The lowest BCUT2D eigenvalue weighted by Crippen LogP contribution is -2.27. The van der Waals surface area contributed by atoms with Crippen molar-refractivity contribution in [2.24, 2.45) is 0 Å². The molecule has 2 amide bonds. The molecule has 1 N–H and O–H groups in total. The number of carbonyl (C=O) groups is 2. The van der Waals surface area contributed by atoms with Gasteiger partial charge in [0.05, 0.1) is 17.2 Å². The van der Waals surface area contributed by atoms with Crippen LogP contribution in [0.2, 0.25) is 5.02 Å². The van der Waals surface area contributed by atoms with Gasteiger partial charge in [0.15, 0.2) is 22.4 Å². The minimum absolute atomic E-state index is 0.174. The third-order valence-electron chi connectivity index (χ3n) is 5.52. The molecular formula is C28H25ClN2O4S2. The average Bonchev–Trinajstić information content (AvgIpc) is 3.14. The highest BCUT2D eigenvalue weighted by Crippen LogP contribution is 2.37. The summed E-state index contributed by atoms with van der Waals surface area (Å²) in [4.78, 5) is 27.6. The maximum atomic E-state index is 13.1. The molecule has 0 spiro atoms. The summed E-state index contributed by atoms with van der Waals surface area (Å²) in [6.07, 6.45) is 1.77. The van der Waals surface area contributed by atoms with Crippen LogP contribution in [0.1, 0.15) is 23.6 Å². The number of ether oxygens (including phenoxy) is 2. The van der Waals surface area contributed by atoms with Crippen molar-refractivity contribution in [3.63, 3.8) is 0 Å². The van der Waals surface area contributed by atoms with E-state index in [0.29, 0.717) is 38.0 Å². The van der Waals surface area contributed by atoms with E-state index in [-0.39, 0.29) is 18.4 Å². The summed E-state index contributed by atoms with van der Waals surface area (Å²) in [5, 5.41) is 3.38. The molecule has 0 atom stereocenters. The molecule has 9 heteroatoms. The second-order valence-corrected chi connectivity index (χ2v) is 10.3. The molecular weight excluding hydrogens is 528 g/mol. The van der Waals surface area contributed by atoms with Crippen LogP contribution >= 0.6 is 35.6 Å². The molecule has 0 unspecified atom stereocenters. The maximum Gasteiger partial charge on any atom is 0.270 e. The monoisotopic (exact) mass is 552 g/mol. The van der Waals surface area contributed by atoms with E-state index in [9.17, 15) is 9.59 Å². The van der Waals surface area contributed by atoms with Crippen LogP contribution in [0.4, 0.5) is 11.4 Å². The number of aryl methyl sites for hydroxylation is 1. The molecule has 1 saturated heterocycles. The second kappa shape index (κ2) is 11.8. The van der Waals surface area contributed by atoms with Gasteiger partial charge in [-0.1, -0.05) is 59.8 Å². The first-order chi connectivity index (χ1) is 17.8. The van der Waals surface area contributed by atoms with Crippen LogP contribution in [0.5, 0.6) is 11.5 Å². The van der Waals surface area contributed by atoms with E-state index in [4.69, 9.17) is 33.3 Å². The van der Waals surface area contributed by atoms with Crippen molar-refractivity contribution < 1.29 is 19.1 Å². The van der Waals surface area contributed by atoms with E-state index in [1.807, 2.05) is 45.0 Å². The first-order valence-electron chi connectivity index (χ1n) is 11.6. The SMILES string of the molecule is CCOc1cc(/C=C2\SC(=S)N(c3cccc(C)c3)C2=O)ccc1OCC(=O)Nc1cccc(Cl)c1C.